The molecule has 0 saturated heterocycles. The van der Waals surface area contributed by atoms with Crippen molar-refractivity contribution < 1.29 is 18.3 Å². The predicted octanol–water partition coefficient (Wildman–Crippen LogP) is 3.75. The lowest BCUT2D eigenvalue weighted by atomic mass is 10.1. The highest BCUT2D eigenvalue weighted by molar-refractivity contribution is 6.31. The largest absolute Gasteiger partial charge is 0.435 e. The molecule has 16 heavy (non-hydrogen) atoms. The summed E-state index contributed by atoms with van der Waals surface area (Å²) in [5, 5.41) is 0.163. The van der Waals surface area contributed by atoms with Gasteiger partial charge >= 0.3 is 6.61 Å². The van der Waals surface area contributed by atoms with Crippen LogP contribution in [0.15, 0.2) is 18.2 Å². The SMILES string of the molecule is O=C(CCCl)c1cc(Cl)cc(OC(F)F)c1. The summed E-state index contributed by atoms with van der Waals surface area (Å²) in [4.78, 5) is 11.4. The molecule has 0 fully saturated rings. The van der Waals surface area contributed by atoms with Crippen molar-refractivity contribution in [1.82, 2.24) is 0 Å². The van der Waals surface area contributed by atoms with E-state index in [9.17, 15) is 13.6 Å². The Morgan fingerprint density at radius 2 is 2.06 bits per heavy atom. The van der Waals surface area contributed by atoms with Gasteiger partial charge in [0.05, 0.1) is 0 Å². The lowest BCUT2D eigenvalue weighted by Gasteiger charge is -2.07. The van der Waals surface area contributed by atoms with Crippen molar-refractivity contribution in [1.29, 1.82) is 0 Å². The Morgan fingerprint density at radius 3 is 2.62 bits per heavy atom. The van der Waals surface area contributed by atoms with Crippen LogP contribution in [-0.2, 0) is 0 Å². The summed E-state index contributed by atoms with van der Waals surface area (Å²) in [5.41, 5.74) is 0.212. The highest BCUT2D eigenvalue weighted by atomic mass is 35.5. The molecule has 2 nitrogen and oxygen atoms in total. The van der Waals surface area contributed by atoms with Crippen LogP contribution >= 0.6 is 23.2 Å². The summed E-state index contributed by atoms with van der Waals surface area (Å²) in [6, 6.07) is 3.81. The van der Waals surface area contributed by atoms with Gasteiger partial charge in [-0.25, -0.2) is 0 Å². The lowest BCUT2D eigenvalue weighted by molar-refractivity contribution is -0.0498. The minimum absolute atomic E-state index is 0.121. The Bertz CT molecular complexity index is 383. The van der Waals surface area contributed by atoms with Crippen molar-refractivity contribution in [2.45, 2.75) is 13.0 Å². The van der Waals surface area contributed by atoms with Crippen LogP contribution in [0.3, 0.4) is 0 Å². The average Bonchev–Trinajstić information content (AvgIpc) is 2.15. The van der Waals surface area contributed by atoms with Crippen molar-refractivity contribution in [3.05, 3.63) is 28.8 Å². The molecule has 1 aromatic carbocycles. The van der Waals surface area contributed by atoms with Gasteiger partial charge in [0.2, 0.25) is 0 Å². The van der Waals surface area contributed by atoms with Gasteiger partial charge in [0.25, 0.3) is 0 Å². The van der Waals surface area contributed by atoms with E-state index in [1.54, 1.807) is 0 Å². The first kappa shape index (κ1) is 13.2. The Hall–Kier alpha value is -0.870. The number of carbonyl (C=O) groups is 1. The van der Waals surface area contributed by atoms with Gasteiger partial charge in [0, 0.05) is 22.9 Å². The van der Waals surface area contributed by atoms with E-state index in [2.05, 4.69) is 4.74 Å². The predicted molar refractivity (Wildman–Crippen MR) is 57.8 cm³/mol. The molecule has 0 atom stereocenters. The van der Waals surface area contributed by atoms with E-state index in [1.807, 2.05) is 0 Å². The molecule has 88 valence electrons. The van der Waals surface area contributed by atoms with E-state index in [0.29, 0.717) is 0 Å². The van der Waals surface area contributed by atoms with Gasteiger partial charge in [0.1, 0.15) is 5.75 Å². The normalized spacial score (nSPS) is 10.6. The van der Waals surface area contributed by atoms with Crippen LogP contribution in [0.4, 0.5) is 8.78 Å². The highest BCUT2D eigenvalue weighted by Crippen LogP contribution is 2.23. The first-order valence-corrected chi connectivity index (χ1v) is 5.28. The maximum atomic E-state index is 12.0. The molecule has 0 N–H and O–H groups in total. The Kier molecular flexibility index (Phi) is 4.96. The van der Waals surface area contributed by atoms with E-state index in [4.69, 9.17) is 23.2 Å². The number of hydrogen-bond acceptors (Lipinski definition) is 2. The second kappa shape index (κ2) is 6.01. The van der Waals surface area contributed by atoms with E-state index < -0.39 is 6.61 Å². The number of hydrogen-bond donors (Lipinski definition) is 0. The number of benzene rings is 1. The number of rotatable bonds is 5. The summed E-state index contributed by atoms with van der Waals surface area (Å²) < 4.78 is 28.1. The molecule has 0 unspecified atom stereocenters. The van der Waals surface area contributed by atoms with Gasteiger partial charge in [0.15, 0.2) is 5.78 Å². The third kappa shape index (κ3) is 3.94. The maximum Gasteiger partial charge on any atom is 0.387 e. The molecular formula is C10H8Cl2F2O2. The number of alkyl halides is 3. The lowest BCUT2D eigenvalue weighted by Crippen LogP contribution is -2.04. The van der Waals surface area contributed by atoms with Gasteiger partial charge in [-0.15, -0.1) is 11.6 Å². The van der Waals surface area contributed by atoms with Crippen LogP contribution < -0.4 is 4.74 Å². The monoisotopic (exact) mass is 268 g/mol. The van der Waals surface area contributed by atoms with E-state index >= 15 is 0 Å². The van der Waals surface area contributed by atoms with Gasteiger partial charge in [-0.3, -0.25) is 4.79 Å². The topological polar surface area (TPSA) is 26.3 Å². The third-order valence-corrected chi connectivity index (χ3v) is 2.15. The number of ketones is 1. The van der Waals surface area contributed by atoms with Crippen LogP contribution in [0.2, 0.25) is 5.02 Å². The zero-order chi connectivity index (χ0) is 12.1. The quantitative estimate of drug-likeness (QED) is 0.601. The van der Waals surface area contributed by atoms with Crippen LogP contribution in [-0.4, -0.2) is 18.3 Å². The second-order valence-electron chi connectivity index (χ2n) is 2.92. The highest BCUT2D eigenvalue weighted by Gasteiger charge is 2.11. The molecule has 0 aromatic heterocycles. The van der Waals surface area contributed by atoms with Crippen LogP contribution in [0.1, 0.15) is 16.8 Å². The minimum Gasteiger partial charge on any atom is -0.435 e. The van der Waals surface area contributed by atoms with E-state index in [0.717, 1.165) is 0 Å². The van der Waals surface area contributed by atoms with Gasteiger partial charge in [-0.1, -0.05) is 11.6 Å². The van der Waals surface area contributed by atoms with Crippen molar-refractivity contribution in [3.63, 3.8) is 0 Å². The van der Waals surface area contributed by atoms with E-state index in [1.165, 1.54) is 18.2 Å². The second-order valence-corrected chi connectivity index (χ2v) is 3.73. The molecule has 0 aliphatic heterocycles. The number of Topliss-reactive ketones (excluding diaryl/α,β-unsaturated/α-hetero) is 1. The number of carbonyl (C=O) groups excluding carboxylic acids is 1. The molecule has 0 aliphatic rings. The summed E-state index contributed by atoms with van der Waals surface area (Å²) in [6.45, 7) is -2.95. The first-order valence-electron chi connectivity index (χ1n) is 4.37. The molecular weight excluding hydrogens is 261 g/mol. The summed E-state index contributed by atoms with van der Waals surface area (Å²) >= 11 is 11.1. The fourth-order valence-electron chi connectivity index (χ4n) is 1.12. The first-order chi connectivity index (χ1) is 7.52. The fourth-order valence-corrected chi connectivity index (χ4v) is 1.52. The fraction of sp³-hybridized carbons (Fsp3) is 0.300. The molecule has 0 bridgehead atoms. The average molecular weight is 269 g/mol. The summed E-state index contributed by atoms with van der Waals surface area (Å²) in [6.07, 6.45) is 0.121. The Morgan fingerprint density at radius 1 is 1.38 bits per heavy atom. The molecule has 0 amide bonds. The third-order valence-electron chi connectivity index (χ3n) is 1.74. The smallest absolute Gasteiger partial charge is 0.387 e. The standard InChI is InChI=1S/C10H8Cl2F2O2/c11-2-1-9(15)6-3-7(12)5-8(4-6)16-10(13)14/h3-5,10H,1-2H2. The number of halogens is 4. The van der Waals surface area contributed by atoms with Crippen LogP contribution in [0.5, 0.6) is 5.75 Å². The van der Waals surface area contributed by atoms with E-state index in [-0.39, 0.29) is 34.4 Å². The Balaban J connectivity index is 2.93. The minimum atomic E-state index is -2.95. The molecule has 6 heteroatoms. The molecule has 1 aromatic rings. The van der Waals surface area contributed by atoms with Crippen molar-refractivity contribution >= 4 is 29.0 Å². The molecule has 0 heterocycles. The van der Waals surface area contributed by atoms with Gasteiger partial charge in [-0.2, -0.15) is 8.78 Å². The van der Waals surface area contributed by atoms with Crippen molar-refractivity contribution in [3.8, 4) is 5.75 Å². The molecule has 0 radical (unpaired) electrons. The van der Waals surface area contributed by atoms with Crippen molar-refractivity contribution in [2.75, 3.05) is 5.88 Å². The molecule has 0 aliphatic carbocycles. The number of ether oxygens (including phenoxy) is 1. The Labute approximate surface area is 101 Å². The summed E-state index contributed by atoms with van der Waals surface area (Å²) in [5.74, 6) is -0.242. The molecule has 0 spiro atoms. The summed E-state index contributed by atoms with van der Waals surface area (Å²) in [7, 11) is 0. The molecule has 1 rings (SSSR count). The van der Waals surface area contributed by atoms with Crippen LogP contribution in [0, 0.1) is 0 Å². The van der Waals surface area contributed by atoms with Crippen molar-refractivity contribution in [2.24, 2.45) is 0 Å². The van der Waals surface area contributed by atoms with Gasteiger partial charge < -0.3 is 4.74 Å². The maximum absolute atomic E-state index is 12.0. The zero-order valence-electron chi connectivity index (χ0n) is 8.05. The molecule has 0 saturated carbocycles. The van der Waals surface area contributed by atoms with Gasteiger partial charge in [-0.05, 0) is 18.2 Å². The van der Waals surface area contributed by atoms with Crippen LogP contribution in [0.25, 0.3) is 0 Å². The zero-order valence-corrected chi connectivity index (χ0v) is 9.56.